The molecule has 0 bridgehead atoms. The minimum absolute atomic E-state index is 0.130. The van der Waals surface area contributed by atoms with E-state index in [0.717, 1.165) is 49.3 Å². The SMILES string of the molecule is Cc1c(F)c(CN2CCC[C@H](C)C2)cc2c(=O)c(-c3cccc(C4(c5nncn5C)CC(C)C4)c3)coc12. The quantitative estimate of drug-likeness (QED) is 0.328. The molecule has 3 heterocycles. The smallest absolute Gasteiger partial charge is 0.200 e. The Bertz CT molecular complexity index is 1570. The van der Waals surface area contributed by atoms with Gasteiger partial charge in [-0.1, -0.05) is 32.0 Å². The second-order valence-electron chi connectivity index (χ2n) is 11.8. The molecule has 4 aromatic rings. The summed E-state index contributed by atoms with van der Waals surface area (Å²) in [6.07, 6.45) is 7.51. The van der Waals surface area contributed by atoms with E-state index in [9.17, 15) is 4.79 Å². The lowest BCUT2D eigenvalue weighted by molar-refractivity contribution is 0.175. The van der Waals surface area contributed by atoms with Crippen molar-refractivity contribution in [1.82, 2.24) is 19.7 Å². The molecule has 1 atom stereocenters. The molecule has 1 aliphatic carbocycles. The molecule has 2 fully saturated rings. The predicted octanol–water partition coefficient (Wildman–Crippen LogP) is 5.98. The van der Waals surface area contributed by atoms with E-state index in [2.05, 4.69) is 41.1 Å². The summed E-state index contributed by atoms with van der Waals surface area (Å²) < 4.78 is 23.3. The lowest BCUT2D eigenvalue weighted by atomic mass is 9.58. The first-order valence-electron chi connectivity index (χ1n) is 13.7. The Morgan fingerprint density at radius 3 is 2.71 bits per heavy atom. The van der Waals surface area contributed by atoms with Gasteiger partial charge >= 0.3 is 0 Å². The van der Waals surface area contributed by atoms with Crippen molar-refractivity contribution in [3.63, 3.8) is 0 Å². The van der Waals surface area contributed by atoms with Gasteiger partial charge in [-0.2, -0.15) is 0 Å². The molecule has 2 aromatic carbocycles. The van der Waals surface area contributed by atoms with Crippen molar-refractivity contribution in [1.29, 1.82) is 0 Å². The minimum Gasteiger partial charge on any atom is -0.463 e. The Labute approximate surface area is 222 Å². The molecule has 0 radical (unpaired) electrons. The number of hydrogen-bond acceptors (Lipinski definition) is 5. The molecule has 0 unspecified atom stereocenters. The maximum atomic E-state index is 15.4. The van der Waals surface area contributed by atoms with Gasteiger partial charge in [-0.3, -0.25) is 9.69 Å². The predicted molar refractivity (Wildman–Crippen MR) is 146 cm³/mol. The van der Waals surface area contributed by atoms with E-state index in [4.69, 9.17) is 4.42 Å². The second-order valence-corrected chi connectivity index (χ2v) is 11.8. The van der Waals surface area contributed by atoms with Crippen LogP contribution >= 0.6 is 0 Å². The third-order valence-electron chi connectivity index (χ3n) is 8.69. The number of hydrogen-bond donors (Lipinski definition) is 0. The topological polar surface area (TPSA) is 64.2 Å². The first kappa shape index (κ1) is 25.0. The number of aryl methyl sites for hydroxylation is 2. The average Bonchev–Trinajstić information content (AvgIpc) is 3.31. The third-order valence-corrected chi connectivity index (χ3v) is 8.69. The maximum Gasteiger partial charge on any atom is 0.200 e. The number of benzene rings is 2. The van der Waals surface area contributed by atoms with Crippen LogP contribution in [0, 0.1) is 24.6 Å². The maximum absolute atomic E-state index is 15.4. The van der Waals surface area contributed by atoms with Crippen LogP contribution < -0.4 is 5.43 Å². The van der Waals surface area contributed by atoms with E-state index < -0.39 is 0 Å². The fourth-order valence-electron chi connectivity index (χ4n) is 6.85. The lowest BCUT2D eigenvalue weighted by Gasteiger charge is -2.46. The summed E-state index contributed by atoms with van der Waals surface area (Å²) in [7, 11) is 1.98. The van der Waals surface area contributed by atoms with Crippen molar-refractivity contribution in [2.45, 2.75) is 58.4 Å². The normalized spacial score (nSPS) is 24.0. The highest BCUT2D eigenvalue weighted by molar-refractivity contribution is 5.85. The second kappa shape index (κ2) is 9.45. The highest BCUT2D eigenvalue weighted by Gasteiger charge is 2.48. The highest BCUT2D eigenvalue weighted by atomic mass is 19.1. The zero-order valence-corrected chi connectivity index (χ0v) is 22.6. The molecule has 7 heteroatoms. The van der Waals surface area contributed by atoms with Gasteiger partial charge in [0.05, 0.1) is 16.4 Å². The summed E-state index contributed by atoms with van der Waals surface area (Å²) in [5, 5.41) is 9.02. The van der Waals surface area contributed by atoms with E-state index >= 15 is 4.39 Å². The lowest BCUT2D eigenvalue weighted by Crippen LogP contribution is -2.43. The van der Waals surface area contributed by atoms with Gasteiger partial charge in [0.1, 0.15) is 29.8 Å². The molecule has 1 saturated carbocycles. The molecule has 0 N–H and O–H groups in total. The van der Waals surface area contributed by atoms with Crippen LogP contribution in [0.3, 0.4) is 0 Å². The Hall–Kier alpha value is -3.32. The van der Waals surface area contributed by atoms with E-state index in [1.807, 2.05) is 23.7 Å². The standard InChI is InChI=1S/C31H35FN4O2/c1-19-7-6-10-36(15-19)16-23-12-25-28(37)26(17-38-29(25)21(3)27(23)32)22-8-5-9-24(11-22)31(13-20(2)14-31)30-34-33-18-35(30)4/h5,8-9,11-12,17-20H,6-7,10,13-16H2,1-4H3/t19-,20?,31?/m0/s1. The van der Waals surface area contributed by atoms with Crippen LogP contribution in [0.5, 0.6) is 0 Å². The first-order valence-corrected chi connectivity index (χ1v) is 13.7. The zero-order valence-electron chi connectivity index (χ0n) is 22.6. The van der Waals surface area contributed by atoms with Crippen molar-refractivity contribution >= 4 is 11.0 Å². The molecule has 6 rings (SSSR count). The fraction of sp³-hybridized carbons (Fsp3) is 0.452. The van der Waals surface area contributed by atoms with E-state index in [1.54, 1.807) is 19.3 Å². The number of nitrogens with zero attached hydrogens (tertiary/aromatic N) is 4. The first-order chi connectivity index (χ1) is 18.3. The van der Waals surface area contributed by atoms with Gasteiger partial charge in [0, 0.05) is 31.3 Å². The van der Waals surface area contributed by atoms with Gasteiger partial charge in [-0.25, -0.2) is 4.39 Å². The molecular weight excluding hydrogens is 479 g/mol. The Kier molecular flexibility index (Phi) is 6.22. The van der Waals surface area contributed by atoms with E-state index in [-0.39, 0.29) is 16.7 Å². The number of halogens is 1. The molecule has 1 aliphatic heterocycles. The van der Waals surface area contributed by atoms with Crippen molar-refractivity contribution in [2.24, 2.45) is 18.9 Å². The monoisotopic (exact) mass is 514 g/mol. The van der Waals surface area contributed by atoms with Crippen LogP contribution in [-0.4, -0.2) is 32.8 Å². The van der Waals surface area contributed by atoms with Crippen LogP contribution in [0.15, 0.2) is 52.1 Å². The number of fused-ring (bicyclic) bond motifs is 1. The molecular formula is C31H35FN4O2. The molecule has 2 aliphatic rings. The van der Waals surface area contributed by atoms with Gasteiger partial charge in [0.25, 0.3) is 0 Å². The van der Waals surface area contributed by atoms with Crippen LogP contribution in [0.25, 0.3) is 22.1 Å². The Morgan fingerprint density at radius 2 is 2.00 bits per heavy atom. The van der Waals surface area contributed by atoms with Gasteiger partial charge in [-0.15, -0.1) is 10.2 Å². The summed E-state index contributed by atoms with van der Waals surface area (Å²) in [6, 6.07) is 9.86. The number of piperidine rings is 1. The summed E-state index contributed by atoms with van der Waals surface area (Å²) in [5.41, 5.74) is 3.34. The summed E-state index contributed by atoms with van der Waals surface area (Å²) >= 11 is 0. The molecule has 0 amide bonds. The van der Waals surface area contributed by atoms with Crippen molar-refractivity contribution in [3.05, 3.63) is 81.5 Å². The number of aromatic nitrogens is 3. The highest BCUT2D eigenvalue weighted by Crippen LogP contribution is 2.51. The van der Waals surface area contributed by atoms with Crippen LogP contribution in [0.4, 0.5) is 4.39 Å². The number of rotatable bonds is 5. The van der Waals surface area contributed by atoms with Gasteiger partial charge < -0.3 is 8.98 Å². The van der Waals surface area contributed by atoms with Crippen molar-refractivity contribution < 1.29 is 8.81 Å². The fourth-order valence-corrected chi connectivity index (χ4v) is 6.85. The molecule has 6 nitrogen and oxygen atoms in total. The summed E-state index contributed by atoms with van der Waals surface area (Å²) in [6.45, 7) is 8.59. The van der Waals surface area contributed by atoms with Crippen LogP contribution in [-0.2, 0) is 19.0 Å². The van der Waals surface area contributed by atoms with Gasteiger partial charge in [0.2, 0.25) is 5.43 Å². The molecule has 198 valence electrons. The molecule has 0 spiro atoms. The zero-order chi connectivity index (χ0) is 26.6. The average molecular weight is 515 g/mol. The third kappa shape index (κ3) is 4.08. The van der Waals surface area contributed by atoms with Crippen LogP contribution in [0.2, 0.25) is 0 Å². The molecule has 1 saturated heterocycles. The molecule has 2 aromatic heterocycles. The van der Waals surface area contributed by atoms with E-state index in [0.29, 0.717) is 46.0 Å². The van der Waals surface area contributed by atoms with Crippen molar-refractivity contribution in [3.8, 4) is 11.1 Å². The van der Waals surface area contributed by atoms with E-state index in [1.165, 1.54) is 12.7 Å². The Balaban J connectivity index is 1.42. The Morgan fingerprint density at radius 1 is 1.18 bits per heavy atom. The largest absolute Gasteiger partial charge is 0.463 e. The van der Waals surface area contributed by atoms with Crippen molar-refractivity contribution in [2.75, 3.05) is 13.1 Å². The molecule has 38 heavy (non-hydrogen) atoms. The minimum atomic E-state index is -0.279. The summed E-state index contributed by atoms with van der Waals surface area (Å²) in [5.74, 6) is 1.85. The van der Waals surface area contributed by atoms with Gasteiger partial charge in [-0.05, 0) is 74.2 Å². The number of likely N-dealkylation sites (tertiary alicyclic amines) is 1. The summed E-state index contributed by atoms with van der Waals surface area (Å²) in [4.78, 5) is 16.1. The van der Waals surface area contributed by atoms with Gasteiger partial charge in [0.15, 0.2) is 0 Å². The van der Waals surface area contributed by atoms with Crippen LogP contribution in [0.1, 0.15) is 62.0 Å².